The fourth-order valence-corrected chi connectivity index (χ4v) is 5.86. The van der Waals surface area contributed by atoms with Crippen LogP contribution in [0.2, 0.25) is 5.02 Å². The number of carbonyl (C=O) groups is 4. The number of anilines is 1. The molecule has 2 aliphatic rings. The van der Waals surface area contributed by atoms with Crippen molar-refractivity contribution >= 4 is 41.3 Å². The summed E-state index contributed by atoms with van der Waals surface area (Å²) in [5, 5.41) is 8.79. The zero-order valence-corrected chi connectivity index (χ0v) is 29.6. The van der Waals surface area contributed by atoms with Crippen molar-refractivity contribution in [1.82, 2.24) is 25.8 Å². The second-order valence-corrected chi connectivity index (χ2v) is 14.7. The zero-order valence-electron chi connectivity index (χ0n) is 28.9. The summed E-state index contributed by atoms with van der Waals surface area (Å²) in [6, 6.07) is 2.28. The van der Waals surface area contributed by atoms with Crippen molar-refractivity contribution in [2.45, 2.75) is 96.9 Å². The summed E-state index contributed by atoms with van der Waals surface area (Å²) in [6.07, 6.45) is 2.26. The topological polar surface area (TPSA) is 165 Å². The molecule has 1 unspecified atom stereocenters. The highest BCUT2D eigenvalue weighted by molar-refractivity contribution is 6.33. The average Bonchev–Trinajstić information content (AvgIpc) is 2.97. The van der Waals surface area contributed by atoms with Crippen LogP contribution in [0, 0.1) is 5.92 Å². The second kappa shape index (κ2) is 16.6. The SMILES string of the molecule is COc1cc(N)c(Cl)cc1C(=O)NC1CCN(CC2CCN(C(=O)C(CCNC(=O)OC(C)(C)C)NC(=O)OC(C)(C)C)CC2)CC1. The lowest BCUT2D eigenvalue weighted by molar-refractivity contribution is -0.135. The first-order valence-corrected chi connectivity index (χ1v) is 16.7. The Bertz CT molecular complexity index is 1250. The van der Waals surface area contributed by atoms with Gasteiger partial charge < -0.3 is 45.7 Å². The van der Waals surface area contributed by atoms with Crippen LogP contribution in [0.5, 0.6) is 5.75 Å². The van der Waals surface area contributed by atoms with Gasteiger partial charge in [-0.1, -0.05) is 11.6 Å². The Balaban J connectivity index is 1.47. The lowest BCUT2D eigenvalue weighted by atomic mass is 9.94. The zero-order chi connectivity index (χ0) is 34.9. The van der Waals surface area contributed by atoms with Crippen LogP contribution < -0.4 is 26.4 Å². The van der Waals surface area contributed by atoms with Crippen molar-refractivity contribution in [1.29, 1.82) is 0 Å². The molecule has 0 bridgehead atoms. The third kappa shape index (κ3) is 12.6. The highest BCUT2D eigenvalue weighted by Crippen LogP contribution is 2.29. The van der Waals surface area contributed by atoms with E-state index in [-0.39, 0.29) is 30.8 Å². The van der Waals surface area contributed by atoms with Crippen LogP contribution in [0.4, 0.5) is 15.3 Å². The van der Waals surface area contributed by atoms with Gasteiger partial charge in [0.1, 0.15) is 23.0 Å². The van der Waals surface area contributed by atoms with Crippen LogP contribution in [-0.4, -0.2) is 103 Å². The van der Waals surface area contributed by atoms with Gasteiger partial charge in [0.05, 0.1) is 23.4 Å². The third-order valence-electron chi connectivity index (χ3n) is 8.02. The fraction of sp³-hybridized carbons (Fsp3) is 0.697. The molecule has 264 valence electrons. The molecule has 2 aliphatic heterocycles. The number of nitrogens with two attached hydrogens (primary N) is 1. The van der Waals surface area contributed by atoms with E-state index in [0.29, 0.717) is 41.0 Å². The molecular formula is C33H53ClN6O7. The van der Waals surface area contributed by atoms with Gasteiger partial charge in [0, 0.05) is 51.4 Å². The number of amides is 4. The lowest BCUT2D eigenvalue weighted by Crippen LogP contribution is -2.53. The van der Waals surface area contributed by atoms with Crippen LogP contribution in [0.15, 0.2) is 12.1 Å². The minimum atomic E-state index is -0.852. The van der Waals surface area contributed by atoms with Gasteiger partial charge in [0.2, 0.25) is 5.91 Å². The Morgan fingerprint density at radius 3 is 2.11 bits per heavy atom. The number of nitrogen functional groups attached to an aromatic ring is 1. The largest absolute Gasteiger partial charge is 0.496 e. The number of hydrogen-bond acceptors (Lipinski definition) is 9. The maximum atomic E-state index is 13.5. The minimum absolute atomic E-state index is 0.0402. The van der Waals surface area contributed by atoms with E-state index in [1.54, 1.807) is 52.5 Å². The molecule has 1 aromatic rings. The molecule has 4 amide bonds. The molecule has 2 saturated heterocycles. The van der Waals surface area contributed by atoms with E-state index in [1.165, 1.54) is 13.2 Å². The normalized spacial score (nSPS) is 17.4. The number of ether oxygens (including phenoxy) is 3. The van der Waals surface area contributed by atoms with E-state index in [9.17, 15) is 19.2 Å². The Hall–Kier alpha value is -3.45. The van der Waals surface area contributed by atoms with Crippen molar-refractivity contribution in [3.05, 3.63) is 22.7 Å². The number of benzene rings is 1. The molecule has 1 aromatic carbocycles. The molecule has 47 heavy (non-hydrogen) atoms. The second-order valence-electron chi connectivity index (χ2n) is 14.3. The van der Waals surface area contributed by atoms with Gasteiger partial charge in [-0.2, -0.15) is 0 Å². The van der Waals surface area contributed by atoms with Crippen molar-refractivity contribution in [2.75, 3.05) is 52.1 Å². The smallest absolute Gasteiger partial charge is 0.408 e. The van der Waals surface area contributed by atoms with Crippen LogP contribution in [0.25, 0.3) is 0 Å². The molecule has 0 aromatic heterocycles. The number of halogens is 1. The minimum Gasteiger partial charge on any atom is -0.496 e. The Kier molecular flexibility index (Phi) is 13.4. The predicted molar refractivity (Wildman–Crippen MR) is 181 cm³/mol. The van der Waals surface area contributed by atoms with Gasteiger partial charge in [0.15, 0.2) is 0 Å². The molecule has 0 spiro atoms. The summed E-state index contributed by atoms with van der Waals surface area (Å²) in [5.41, 5.74) is 5.20. The van der Waals surface area contributed by atoms with E-state index < -0.39 is 29.4 Å². The molecule has 14 heteroatoms. The van der Waals surface area contributed by atoms with Crippen LogP contribution in [0.3, 0.4) is 0 Å². The number of methoxy groups -OCH3 is 1. The van der Waals surface area contributed by atoms with Gasteiger partial charge in [-0.05, 0) is 85.6 Å². The van der Waals surface area contributed by atoms with E-state index in [0.717, 1.165) is 45.3 Å². The summed E-state index contributed by atoms with van der Waals surface area (Å²) in [6.45, 7) is 14.5. The number of piperidine rings is 2. The quantitative estimate of drug-likeness (QED) is 0.266. The number of hydrogen-bond donors (Lipinski definition) is 4. The highest BCUT2D eigenvalue weighted by Gasteiger charge is 2.32. The lowest BCUT2D eigenvalue weighted by Gasteiger charge is -2.38. The first kappa shape index (κ1) is 38.0. The summed E-state index contributed by atoms with van der Waals surface area (Å²) in [4.78, 5) is 55.4. The van der Waals surface area contributed by atoms with Gasteiger partial charge >= 0.3 is 12.2 Å². The van der Waals surface area contributed by atoms with E-state index in [1.807, 2.05) is 0 Å². The Labute approximate surface area is 283 Å². The summed E-state index contributed by atoms with van der Waals surface area (Å²) < 4.78 is 16.0. The van der Waals surface area contributed by atoms with Gasteiger partial charge in [-0.15, -0.1) is 0 Å². The first-order chi connectivity index (χ1) is 21.9. The van der Waals surface area contributed by atoms with Crippen LogP contribution in [-0.2, 0) is 14.3 Å². The number of likely N-dealkylation sites (tertiary alicyclic amines) is 2. The monoisotopic (exact) mass is 680 g/mol. The predicted octanol–water partition coefficient (Wildman–Crippen LogP) is 4.17. The molecule has 5 N–H and O–H groups in total. The van der Waals surface area contributed by atoms with Gasteiger partial charge in [0.25, 0.3) is 5.91 Å². The van der Waals surface area contributed by atoms with E-state index >= 15 is 0 Å². The van der Waals surface area contributed by atoms with Crippen molar-refractivity contribution in [3.63, 3.8) is 0 Å². The average molecular weight is 681 g/mol. The third-order valence-corrected chi connectivity index (χ3v) is 8.35. The number of rotatable bonds is 10. The molecular weight excluding hydrogens is 628 g/mol. The summed E-state index contributed by atoms with van der Waals surface area (Å²) in [7, 11) is 1.49. The van der Waals surface area contributed by atoms with Crippen LogP contribution >= 0.6 is 11.6 Å². The molecule has 0 saturated carbocycles. The van der Waals surface area contributed by atoms with Crippen molar-refractivity contribution in [2.24, 2.45) is 5.92 Å². The number of nitrogens with zero attached hydrogens (tertiary/aromatic N) is 2. The maximum absolute atomic E-state index is 13.5. The Morgan fingerprint density at radius 2 is 1.53 bits per heavy atom. The molecule has 13 nitrogen and oxygen atoms in total. The van der Waals surface area contributed by atoms with Crippen molar-refractivity contribution in [3.8, 4) is 5.75 Å². The number of alkyl carbamates (subject to hydrolysis) is 2. The van der Waals surface area contributed by atoms with E-state index in [2.05, 4.69) is 20.9 Å². The van der Waals surface area contributed by atoms with Crippen LogP contribution in [0.1, 0.15) is 84.0 Å². The standard InChI is InChI=1S/C33H53ClN6O7/c1-32(2,3)46-30(43)36-13-8-26(38-31(44)47-33(4,5)6)29(42)40-16-9-21(10-17-40)20-39-14-11-22(12-15-39)37-28(41)23-18-24(34)25(35)19-27(23)45-7/h18-19,21-22,26H,8-17,20,35H2,1-7H3,(H,36,43)(H,37,41)(H,38,44). The first-order valence-electron chi connectivity index (χ1n) is 16.4. The molecule has 2 heterocycles. The summed E-state index contributed by atoms with van der Waals surface area (Å²) >= 11 is 6.14. The molecule has 2 fully saturated rings. The van der Waals surface area contributed by atoms with Gasteiger partial charge in [-0.3, -0.25) is 9.59 Å². The molecule has 0 radical (unpaired) electrons. The van der Waals surface area contributed by atoms with E-state index in [4.69, 9.17) is 31.5 Å². The highest BCUT2D eigenvalue weighted by atomic mass is 35.5. The molecule has 3 rings (SSSR count). The number of nitrogens with one attached hydrogen (secondary N) is 3. The molecule has 0 aliphatic carbocycles. The summed E-state index contributed by atoms with van der Waals surface area (Å²) in [5.74, 6) is 0.378. The Morgan fingerprint density at radius 1 is 0.936 bits per heavy atom. The number of carbonyl (C=O) groups excluding carboxylic acids is 4. The maximum Gasteiger partial charge on any atom is 0.408 e. The fourth-order valence-electron chi connectivity index (χ4n) is 5.70. The molecule has 1 atom stereocenters. The van der Waals surface area contributed by atoms with Crippen molar-refractivity contribution < 1.29 is 33.4 Å². The van der Waals surface area contributed by atoms with Gasteiger partial charge in [-0.25, -0.2) is 9.59 Å².